The van der Waals surface area contributed by atoms with E-state index < -0.39 is 0 Å². The zero-order valence-electron chi connectivity index (χ0n) is 14.5. The summed E-state index contributed by atoms with van der Waals surface area (Å²) >= 11 is 3.35. The van der Waals surface area contributed by atoms with Gasteiger partial charge in [-0.25, -0.2) is 14.4 Å². The fraction of sp³-hybridized carbons (Fsp3) is 0.158. The van der Waals surface area contributed by atoms with Crippen LogP contribution in [0.1, 0.15) is 10.5 Å². The smallest absolute Gasteiger partial charge is 0.275 e. The lowest BCUT2D eigenvalue weighted by atomic mass is 10.1. The number of amides is 1. The van der Waals surface area contributed by atoms with Crippen molar-refractivity contribution in [3.63, 3.8) is 0 Å². The van der Waals surface area contributed by atoms with Gasteiger partial charge in [0.15, 0.2) is 0 Å². The molecule has 3 heterocycles. The summed E-state index contributed by atoms with van der Waals surface area (Å²) in [6.45, 7) is 1.19. The highest BCUT2D eigenvalue weighted by molar-refractivity contribution is 9.10. The van der Waals surface area contributed by atoms with Crippen molar-refractivity contribution in [2.45, 2.75) is 6.10 Å². The van der Waals surface area contributed by atoms with E-state index in [9.17, 15) is 9.18 Å². The number of nitrogens with one attached hydrogen (secondary N) is 1. The number of ether oxygens (including phenoxy) is 1. The molecule has 0 spiro atoms. The van der Waals surface area contributed by atoms with E-state index in [0.717, 1.165) is 0 Å². The Morgan fingerprint density at radius 2 is 2.07 bits per heavy atom. The molecule has 1 N–H and O–H groups in total. The molecule has 9 heteroatoms. The van der Waals surface area contributed by atoms with E-state index >= 15 is 0 Å². The molecule has 1 fully saturated rings. The Kier molecular flexibility index (Phi) is 5.16. The SMILES string of the molecule is O=C(Nc1cccnc1)c1cnc(N2CC(Oc3cc(F)ccc3Br)C2)cn1. The molecule has 1 saturated heterocycles. The van der Waals surface area contributed by atoms with Crippen molar-refractivity contribution in [1.29, 1.82) is 0 Å². The molecule has 0 aliphatic carbocycles. The second kappa shape index (κ2) is 7.89. The molecular formula is C19H15BrFN5O2. The molecule has 1 aromatic carbocycles. The summed E-state index contributed by atoms with van der Waals surface area (Å²) in [6, 6.07) is 7.80. The van der Waals surface area contributed by atoms with Crippen LogP contribution in [0, 0.1) is 5.82 Å². The lowest BCUT2D eigenvalue weighted by Crippen LogP contribution is -2.54. The van der Waals surface area contributed by atoms with E-state index in [2.05, 4.69) is 36.2 Å². The van der Waals surface area contributed by atoms with Crippen LogP contribution in [0.2, 0.25) is 0 Å². The van der Waals surface area contributed by atoms with Crippen LogP contribution in [0.3, 0.4) is 0 Å². The number of nitrogens with zero attached hydrogens (tertiary/aromatic N) is 4. The van der Waals surface area contributed by atoms with Gasteiger partial charge in [-0.2, -0.15) is 0 Å². The first-order valence-corrected chi connectivity index (χ1v) is 9.28. The first-order chi connectivity index (χ1) is 13.6. The van der Waals surface area contributed by atoms with Crippen LogP contribution in [0.15, 0.2) is 59.6 Å². The predicted octanol–water partition coefficient (Wildman–Crippen LogP) is 3.29. The van der Waals surface area contributed by atoms with Crippen molar-refractivity contribution in [1.82, 2.24) is 15.0 Å². The van der Waals surface area contributed by atoms with Crippen LogP contribution >= 0.6 is 15.9 Å². The third kappa shape index (κ3) is 4.09. The highest BCUT2D eigenvalue weighted by atomic mass is 79.9. The van der Waals surface area contributed by atoms with Gasteiger partial charge in [-0.15, -0.1) is 0 Å². The van der Waals surface area contributed by atoms with E-state index in [-0.39, 0.29) is 23.5 Å². The highest BCUT2D eigenvalue weighted by Gasteiger charge is 2.30. The Morgan fingerprint density at radius 1 is 1.21 bits per heavy atom. The lowest BCUT2D eigenvalue weighted by molar-refractivity contribution is 0.102. The lowest BCUT2D eigenvalue weighted by Gasteiger charge is -2.39. The number of carbonyl (C=O) groups is 1. The van der Waals surface area contributed by atoms with Gasteiger partial charge < -0.3 is 15.0 Å². The number of benzene rings is 1. The molecule has 3 aromatic rings. The summed E-state index contributed by atoms with van der Waals surface area (Å²) < 4.78 is 19.8. The minimum atomic E-state index is -0.354. The molecule has 0 radical (unpaired) electrons. The summed E-state index contributed by atoms with van der Waals surface area (Å²) in [5, 5.41) is 2.71. The molecule has 0 unspecified atom stereocenters. The maximum Gasteiger partial charge on any atom is 0.275 e. The van der Waals surface area contributed by atoms with E-state index in [1.54, 1.807) is 36.8 Å². The Bertz CT molecular complexity index is 981. The van der Waals surface area contributed by atoms with Crippen molar-refractivity contribution >= 4 is 33.3 Å². The molecule has 0 atom stereocenters. The Hall–Kier alpha value is -3.07. The minimum absolute atomic E-state index is 0.0755. The summed E-state index contributed by atoms with van der Waals surface area (Å²) in [6.07, 6.45) is 6.08. The average Bonchev–Trinajstić information content (AvgIpc) is 2.68. The molecule has 4 rings (SSSR count). The number of pyridine rings is 1. The van der Waals surface area contributed by atoms with Crippen LogP contribution in [0.5, 0.6) is 5.75 Å². The largest absolute Gasteiger partial charge is 0.485 e. The molecule has 28 heavy (non-hydrogen) atoms. The zero-order chi connectivity index (χ0) is 19.5. The van der Waals surface area contributed by atoms with Crippen molar-refractivity contribution in [3.05, 3.63) is 71.1 Å². The van der Waals surface area contributed by atoms with Crippen molar-refractivity contribution in [2.75, 3.05) is 23.3 Å². The van der Waals surface area contributed by atoms with Crippen LogP contribution in [-0.2, 0) is 0 Å². The van der Waals surface area contributed by atoms with E-state index in [4.69, 9.17) is 4.74 Å². The number of anilines is 2. The highest BCUT2D eigenvalue weighted by Crippen LogP contribution is 2.29. The number of aromatic nitrogens is 3. The van der Waals surface area contributed by atoms with Gasteiger partial charge in [-0.3, -0.25) is 9.78 Å². The zero-order valence-corrected chi connectivity index (χ0v) is 16.1. The fourth-order valence-corrected chi connectivity index (χ4v) is 3.02. The van der Waals surface area contributed by atoms with Crippen molar-refractivity contribution in [3.8, 4) is 5.75 Å². The minimum Gasteiger partial charge on any atom is -0.485 e. The molecular weight excluding hydrogens is 429 g/mol. The number of rotatable bonds is 5. The van der Waals surface area contributed by atoms with Crippen LogP contribution in [0.25, 0.3) is 0 Å². The topological polar surface area (TPSA) is 80.2 Å². The first-order valence-electron chi connectivity index (χ1n) is 8.48. The molecule has 2 aromatic heterocycles. The third-order valence-corrected chi connectivity index (χ3v) is 4.80. The molecule has 7 nitrogen and oxygen atoms in total. The summed E-state index contributed by atoms with van der Waals surface area (Å²) in [7, 11) is 0. The monoisotopic (exact) mass is 443 g/mol. The number of carbonyl (C=O) groups excluding carboxylic acids is 1. The van der Waals surface area contributed by atoms with Gasteiger partial charge in [0.1, 0.15) is 29.2 Å². The summed E-state index contributed by atoms with van der Waals surface area (Å²) in [5.41, 5.74) is 0.800. The summed E-state index contributed by atoms with van der Waals surface area (Å²) in [5.74, 6) is 0.419. The molecule has 0 saturated carbocycles. The van der Waals surface area contributed by atoms with Crippen LogP contribution in [-0.4, -0.2) is 40.1 Å². The second-order valence-corrected chi connectivity index (χ2v) is 7.03. The molecule has 1 aliphatic heterocycles. The number of hydrogen-bond donors (Lipinski definition) is 1. The van der Waals surface area contributed by atoms with Gasteiger partial charge in [0.05, 0.1) is 41.8 Å². The van der Waals surface area contributed by atoms with Crippen molar-refractivity contribution in [2.24, 2.45) is 0 Å². The third-order valence-electron chi connectivity index (χ3n) is 4.15. The van der Waals surface area contributed by atoms with E-state index in [1.807, 2.05) is 4.90 Å². The maximum absolute atomic E-state index is 13.3. The van der Waals surface area contributed by atoms with Gasteiger partial charge in [-0.1, -0.05) is 0 Å². The number of hydrogen-bond acceptors (Lipinski definition) is 6. The summed E-state index contributed by atoms with van der Waals surface area (Å²) in [4.78, 5) is 26.6. The normalized spacial score (nSPS) is 13.7. The van der Waals surface area contributed by atoms with Crippen molar-refractivity contribution < 1.29 is 13.9 Å². The second-order valence-electron chi connectivity index (χ2n) is 6.18. The van der Waals surface area contributed by atoms with Gasteiger partial charge in [0.2, 0.25) is 0 Å². The fourth-order valence-electron chi connectivity index (χ4n) is 2.68. The van der Waals surface area contributed by atoms with Gasteiger partial charge in [-0.05, 0) is 40.2 Å². The number of halogens is 2. The Morgan fingerprint density at radius 3 is 2.79 bits per heavy atom. The molecule has 1 aliphatic rings. The van der Waals surface area contributed by atoms with Crippen LogP contribution in [0.4, 0.5) is 15.9 Å². The Balaban J connectivity index is 1.33. The predicted molar refractivity (Wildman–Crippen MR) is 105 cm³/mol. The van der Waals surface area contributed by atoms with Crippen LogP contribution < -0.4 is 15.0 Å². The average molecular weight is 444 g/mol. The standard InChI is InChI=1S/C19H15BrFN5O2/c20-15-4-3-12(21)6-17(15)28-14-10-26(11-14)18-9-23-16(8-24-18)19(27)25-13-2-1-5-22-7-13/h1-9,14H,10-11H2,(H,25,27). The van der Waals surface area contributed by atoms with Gasteiger partial charge in [0, 0.05) is 12.3 Å². The van der Waals surface area contributed by atoms with E-state index in [1.165, 1.54) is 18.3 Å². The molecule has 1 amide bonds. The first kappa shape index (κ1) is 18.3. The van der Waals surface area contributed by atoms with E-state index in [0.29, 0.717) is 34.8 Å². The van der Waals surface area contributed by atoms with Gasteiger partial charge in [0.25, 0.3) is 5.91 Å². The maximum atomic E-state index is 13.3. The molecule has 142 valence electrons. The Labute approximate surface area is 168 Å². The van der Waals surface area contributed by atoms with Gasteiger partial charge >= 0.3 is 0 Å². The molecule has 0 bridgehead atoms. The quantitative estimate of drug-likeness (QED) is 0.651.